The van der Waals surface area contributed by atoms with Gasteiger partial charge in [-0.2, -0.15) is 0 Å². The molecular formula is C26H24N4O. The van der Waals surface area contributed by atoms with Crippen molar-refractivity contribution in [2.24, 2.45) is 0 Å². The lowest BCUT2D eigenvalue weighted by atomic mass is 9.94. The summed E-state index contributed by atoms with van der Waals surface area (Å²) in [5.41, 5.74) is 5.86. The molecule has 3 heterocycles. The van der Waals surface area contributed by atoms with Crippen LogP contribution in [-0.2, 0) is 10.5 Å². The van der Waals surface area contributed by atoms with E-state index in [-0.39, 0.29) is 5.91 Å². The number of nitrogens with zero attached hydrogens (tertiary/aromatic N) is 3. The van der Waals surface area contributed by atoms with Crippen molar-refractivity contribution in [3.63, 3.8) is 0 Å². The molecule has 0 fully saturated rings. The molecule has 1 atom stereocenters. The number of hydrogen-bond donors (Lipinski definition) is 1. The molecule has 1 amide bonds. The van der Waals surface area contributed by atoms with Gasteiger partial charge in [-0.25, -0.2) is 4.98 Å². The smallest absolute Gasteiger partial charge is 0.279 e. The molecule has 2 aliphatic heterocycles. The van der Waals surface area contributed by atoms with Crippen molar-refractivity contribution in [3.8, 4) is 11.4 Å². The van der Waals surface area contributed by atoms with Crippen molar-refractivity contribution in [1.82, 2.24) is 9.55 Å². The minimum Gasteiger partial charge on any atom is -0.350 e. The van der Waals surface area contributed by atoms with Gasteiger partial charge >= 0.3 is 0 Å². The average Bonchev–Trinajstić information content (AvgIpc) is 3.28. The van der Waals surface area contributed by atoms with E-state index in [4.69, 9.17) is 4.98 Å². The number of hydrogen-bond acceptors (Lipinski definition) is 3. The monoisotopic (exact) mass is 408 g/mol. The summed E-state index contributed by atoms with van der Waals surface area (Å²) in [5, 5.41) is 3.68. The van der Waals surface area contributed by atoms with E-state index in [0.29, 0.717) is 6.54 Å². The average molecular weight is 409 g/mol. The molecule has 1 aromatic heterocycles. The minimum absolute atomic E-state index is 0.0560. The fourth-order valence-electron chi connectivity index (χ4n) is 5.05. The van der Waals surface area contributed by atoms with E-state index in [1.807, 2.05) is 41.3 Å². The molecule has 0 radical (unpaired) electrons. The molecule has 0 aliphatic carbocycles. The number of rotatable bonds is 3. The number of nitrogens with one attached hydrogen (secondary N) is 1. The van der Waals surface area contributed by atoms with E-state index in [2.05, 4.69) is 54.1 Å². The highest BCUT2D eigenvalue weighted by molar-refractivity contribution is 6.12. The molecule has 5 heteroatoms. The Morgan fingerprint density at radius 3 is 2.71 bits per heavy atom. The highest BCUT2D eigenvalue weighted by Gasteiger charge is 2.56. The van der Waals surface area contributed by atoms with Crippen LogP contribution in [0.2, 0.25) is 0 Å². The van der Waals surface area contributed by atoms with Gasteiger partial charge in [0.2, 0.25) is 5.66 Å². The summed E-state index contributed by atoms with van der Waals surface area (Å²) in [7, 11) is 0. The fourth-order valence-corrected chi connectivity index (χ4v) is 5.05. The molecule has 0 bridgehead atoms. The quantitative estimate of drug-likeness (QED) is 0.501. The van der Waals surface area contributed by atoms with Crippen molar-refractivity contribution in [2.75, 3.05) is 16.8 Å². The summed E-state index contributed by atoms with van der Waals surface area (Å²) in [6.07, 6.45) is 2.00. The zero-order chi connectivity index (χ0) is 21.2. The Morgan fingerprint density at radius 1 is 1.03 bits per heavy atom. The molecule has 0 saturated carbocycles. The Bertz CT molecular complexity index is 1350. The Kier molecular flexibility index (Phi) is 3.78. The first kappa shape index (κ1) is 18.2. The van der Waals surface area contributed by atoms with Gasteiger partial charge in [0.15, 0.2) is 0 Å². The SMILES string of the molecule is CCCCN1C(=O)[C@]2(Nc3ccccc3-c3nc4ccccc4n32)c2cc(C)ccc21. The Hall–Kier alpha value is -3.60. The van der Waals surface area contributed by atoms with Gasteiger partial charge in [-0.1, -0.05) is 49.2 Å². The van der Waals surface area contributed by atoms with Crippen LogP contribution < -0.4 is 10.2 Å². The molecular weight excluding hydrogens is 384 g/mol. The summed E-state index contributed by atoms with van der Waals surface area (Å²) < 4.78 is 2.12. The van der Waals surface area contributed by atoms with Crippen LogP contribution in [0.5, 0.6) is 0 Å². The predicted molar refractivity (Wildman–Crippen MR) is 124 cm³/mol. The van der Waals surface area contributed by atoms with Crippen LogP contribution in [0.25, 0.3) is 22.4 Å². The molecule has 4 aromatic rings. The molecule has 1 N–H and O–H groups in total. The minimum atomic E-state index is -1.05. The molecule has 1 spiro atoms. The number of aromatic nitrogens is 2. The molecule has 0 saturated heterocycles. The number of benzene rings is 3. The van der Waals surface area contributed by atoms with Crippen LogP contribution in [0, 0.1) is 6.92 Å². The first-order chi connectivity index (χ1) is 15.1. The highest BCUT2D eigenvalue weighted by atomic mass is 16.2. The molecule has 5 nitrogen and oxygen atoms in total. The summed E-state index contributed by atoms with van der Waals surface area (Å²) in [4.78, 5) is 21.2. The van der Waals surface area contributed by atoms with E-state index in [9.17, 15) is 4.79 Å². The first-order valence-corrected chi connectivity index (χ1v) is 10.9. The van der Waals surface area contributed by atoms with Gasteiger partial charge in [0.25, 0.3) is 5.91 Å². The standard InChI is InChI=1S/C26H24N4O/c1-3-4-15-29-22-14-13-17(2)16-19(22)26(25(29)31)28-20-10-6-5-9-18(20)24-27-21-11-7-8-12-23(21)30(24)26/h5-14,16,28H,3-4,15H2,1-2H3/t26-/m0/s1. The Morgan fingerprint density at radius 2 is 1.84 bits per heavy atom. The lowest BCUT2D eigenvalue weighted by Crippen LogP contribution is -2.53. The lowest BCUT2D eigenvalue weighted by Gasteiger charge is -2.38. The fraction of sp³-hybridized carbons (Fsp3) is 0.231. The molecule has 6 rings (SSSR count). The number of amides is 1. The first-order valence-electron chi connectivity index (χ1n) is 10.9. The van der Waals surface area contributed by atoms with Crippen LogP contribution in [-0.4, -0.2) is 22.0 Å². The molecule has 2 aliphatic rings. The van der Waals surface area contributed by atoms with Gasteiger partial charge in [-0.15, -0.1) is 0 Å². The second kappa shape index (κ2) is 6.45. The van der Waals surface area contributed by atoms with Gasteiger partial charge in [0, 0.05) is 23.4 Å². The largest absolute Gasteiger partial charge is 0.350 e. The molecule has 0 unspecified atom stereocenters. The summed E-state index contributed by atoms with van der Waals surface area (Å²) in [6, 6.07) is 22.5. The van der Waals surface area contributed by atoms with Crippen LogP contribution in [0.15, 0.2) is 66.7 Å². The predicted octanol–water partition coefficient (Wildman–Crippen LogP) is 5.29. The third kappa shape index (κ3) is 2.31. The summed E-state index contributed by atoms with van der Waals surface area (Å²) in [6.45, 7) is 4.94. The van der Waals surface area contributed by atoms with Gasteiger partial charge in [0.05, 0.1) is 16.7 Å². The second-order valence-corrected chi connectivity index (χ2v) is 8.47. The number of fused-ring (bicyclic) bond motifs is 8. The van der Waals surface area contributed by atoms with Crippen LogP contribution in [0.3, 0.4) is 0 Å². The number of aryl methyl sites for hydroxylation is 1. The number of anilines is 2. The zero-order valence-electron chi connectivity index (χ0n) is 17.7. The number of para-hydroxylation sites is 3. The van der Waals surface area contributed by atoms with Crippen molar-refractivity contribution in [2.45, 2.75) is 32.4 Å². The number of carbonyl (C=O) groups excluding carboxylic acids is 1. The van der Waals surface area contributed by atoms with E-state index in [1.165, 1.54) is 0 Å². The topological polar surface area (TPSA) is 50.2 Å². The normalized spacial score (nSPS) is 18.8. The highest BCUT2D eigenvalue weighted by Crippen LogP contribution is 2.50. The maximum Gasteiger partial charge on any atom is 0.279 e. The second-order valence-electron chi connectivity index (χ2n) is 8.47. The third-order valence-corrected chi connectivity index (χ3v) is 6.50. The van der Waals surface area contributed by atoms with Gasteiger partial charge in [-0.3, -0.25) is 9.36 Å². The number of carbonyl (C=O) groups is 1. The van der Waals surface area contributed by atoms with Crippen molar-refractivity contribution in [3.05, 3.63) is 77.9 Å². The van der Waals surface area contributed by atoms with Crippen LogP contribution >= 0.6 is 0 Å². The maximum absolute atomic E-state index is 14.3. The van der Waals surface area contributed by atoms with E-state index < -0.39 is 5.66 Å². The Labute approximate surface area is 181 Å². The van der Waals surface area contributed by atoms with Crippen molar-refractivity contribution >= 4 is 28.3 Å². The number of imidazole rings is 1. The van der Waals surface area contributed by atoms with Crippen LogP contribution in [0.4, 0.5) is 11.4 Å². The molecule has 3 aromatic carbocycles. The summed E-state index contributed by atoms with van der Waals surface area (Å²) in [5.74, 6) is 0.883. The van der Waals surface area contributed by atoms with Crippen molar-refractivity contribution in [1.29, 1.82) is 0 Å². The van der Waals surface area contributed by atoms with Crippen molar-refractivity contribution < 1.29 is 4.79 Å². The Balaban J connectivity index is 1.72. The van der Waals surface area contributed by atoms with Gasteiger partial charge in [0.1, 0.15) is 5.82 Å². The van der Waals surface area contributed by atoms with Crippen LogP contribution in [0.1, 0.15) is 30.9 Å². The molecule has 154 valence electrons. The number of unbranched alkanes of at least 4 members (excludes halogenated alkanes) is 1. The zero-order valence-corrected chi connectivity index (χ0v) is 17.7. The maximum atomic E-state index is 14.3. The van der Waals surface area contributed by atoms with Gasteiger partial charge in [-0.05, 0) is 49.7 Å². The molecule has 31 heavy (non-hydrogen) atoms. The van der Waals surface area contributed by atoms with E-state index in [0.717, 1.165) is 57.8 Å². The van der Waals surface area contributed by atoms with E-state index >= 15 is 0 Å². The summed E-state index contributed by atoms with van der Waals surface area (Å²) >= 11 is 0. The van der Waals surface area contributed by atoms with Gasteiger partial charge < -0.3 is 10.2 Å². The third-order valence-electron chi connectivity index (χ3n) is 6.50. The van der Waals surface area contributed by atoms with E-state index in [1.54, 1.807) is 0 Å². The lowest BCUT2D eigenvalue weighted by molar-refractivity contribution is -0.123.